The van der Waals surface area contributed by atoms with Gasteiger partial charge in [-0.15, -0.1) is 0 Å². The lowest BCUT2D eigenvalue weighted by molar-refractivity contribution is 0.109. The van der Waals surface area contributed by atoms with Gasteiger partial charge >= 0.3 is 0 Å². The molecule has 1 aliphatic heterocycles. The van der Waals surface area contributed by atoms with Crippen molar-refractivity contribution in [3.05, 3.63) is 46.2 Å². The molecule has 0 atom stereocenters. The minimum Gasteiger partial charge on any atom is -0.376 e. The average molecular weight is 287 g/mol. The first kappa shape index (κ1) is 12.3. The third-order valence-electron chi connectivity index (χ3n) is 3.97. The third kappa shape index (κ3) is 2.21. The number of fused-ring (bicyclic) bond motifs is 1. The van der Waals surface area contributed by atoms with Gasteiger partial charge in [-0.3, -0.25) is 0 Å². The van der Waals surface area contributed by atoms with E-state index in [0.29, 0.717) is 18.4 Å². The van der Waals surface area contributed by atoms with Gasteiger partial charge in [-0.2, -0.15) is 0 Å². The first-order chi connectivity index (χ1) is 9.81. The Morgan fingerprint density at radius 3 is 2.95 bits per heavy atom. The van der Waals surface area contributed by atoms with Crippen LogP contribution in [-0.2, 0) is 17.8 Å². The van der Waals surface area contributed by atoms with Crippen LogP contribution in [-0.4, -0.2) is 16.6 Å². The van der Waals surface area contributed by atoms with E-state index in [1.54, 1.807) is 0 Å². The fraction of sp³-hybridized carbons (Fsp3) is 0.375. The Balaban J connectivity index is 1.78. The second kappa shape index (κ2) is 4.83. The Morgan fingerprint density at radius 2 is 2.10 bits per heavy atom. The molecular formula is C16H15ClN2O. The Morgan fingerprint density at radius 1 is 1.20 bits per heavy atom. The van der Waals surface area contributed by atoms with Crippen molar-refractivity contribution in [3.63, 3.8) is 0 Å². The number of aromatic nitrogens is 2. The van der Waals surface area contributed by atoms with Crippen LogP contribution in [0.15, 0.2) is 24.3 Å². The highest BCUT2D eigenvalue weighted by molar-refractivity contribution is 6.30. The van der Waals surface area contributed by atoms with Crippen LogP contribution in [0.25, 0.3) is 11.4 Å². The average Bonchev–Trinajstić information content (AvgIpc) is 3.32. The molecule has 0 saturated heterocycles. The molecule has 0 bridgehead atoms. The predicted molar refractivity (Wildman–Crippen MR) is 77.8 cm³/mol. The number of nitrogens with zero attached hydrogens (tertiary/aromatic N) is 2. The summed E-state index contributed by atoms with van der Waals surface area (Å²) in [5, 5.41) is 0.529. The minimum atomic E-state index is 0.524. The Bertz CT molecular complexity index is 668. The molecule has 2 heterocycles. The second-order valence-electron chi connectivity index (χ2n) is 5.47. The van der Waals surface area contributed by atoms with Crippen molar-refractivity contribution in [3.8, 4) is 11.4 Å². The van der Waals surface area contributed by atoms with E-state index < -0.39 is 0 Å². The van der Waals surface area contributed by atoms with Crippen LogP contribution >= 0.6 is 11.6 Å². The van der Waals surface area contributed by atoms with Crippen molar-refractivity contribution in [1.82, 2.24) is 9.97 Å². The van der Waals surface area contributed by atoms with Crippen LogP contribution in [0.2, 0.25) is 5.15 Å². The molecule has 2 aromatic rings. The van der Waals surface area contributed by atoms with Crippen molar-refractivity contribution in [2.45, 2.75) is 31.8 Å². The SMILES string of the molecule is Clc1nc(-c2cccc(C3CC3)c2)nc2c1COCC2. The molecule has 0 spiro atoms. The highest BCUT2D eigenvalue weighted by atomic mass is 35.5. The first-order valence-corrected chi connectivity index (χ1v) is 7.42. The topological polar surface area (TPSA) is 35.0 Å². The van der Waals surface area contributed by atoms with Crippen LogP contribution in [0.1, 0.15) is 35.6 Å². The normalized spacial score (nSPS) is 17.9. The number of ether oxygens (including phenoxy) is 1. The summed E-state index contributed by atoms with van der Waals surface area (Å²) in [4.78, 5) is 9.14. The number of benzene rings is 1. The zero-order chi connectivity index (χ0) is 13.5. The number of hydrogen-bond acceptors (Lipinski definition) is 3. The molecule has 0 unspecified atom stereocenters. The molecule has 20 heavy (non-hydrogen) atoms. The zero-order valence-electron chi connectivity index (χ0n) is 11.1. The van der Waals surface area contributed by atoms with Crippen molar-refractivity contribution >= 4 is 11.6 Å². The van der Waals surface area contributed by atoms with Crippen LogP contribution in [0.5, 0.6) is 0 Å². The van der Waals surface area contributed by atoms with Gasteiger partial charge in [0.2, 0.25) is 0 Å². The molecule has 102 valence electrons. The lowest BCUT2D eigenvalue weighted by Crippen LogP contribution is -2.14. The molecule has 1 aromatic carbocycles. The second-order valence-corrected chi connectivity index (χ2v) is 5.82. The summed E-state index contributed by atoms with van der Waals surface area (Å²) in [6.07, 6.45) is 3.41. The monoisotopic (exact) mass is 286 g/mol. The van der Waals surface area contributed by atoms with Gasteiger partial charge in [0.25, 0.3) is 0 Å². The molecule has 4 rings (SSSR count). The fourth-order valence-corrected chi connectivity index (χ4v) is 2.91. The molecular weight excluding hydrogens is 272 g/mol. The van der Waals surface area contributed by atoms with Gasteiger partial charge in [0.05, 0.1) is 18.9 Å². The van der Waals surface area contributed by atoms with E-state index in [4.69, 9.17) is 16.3 Å². The van der Waals surface area contributed by atoms with E-state index in [9.17, 15) is 0 Å². The van der Waals surface area contributed by atoms with Crippen LogP contribution in [0.3, 0.4) is 0 Å². The predicted octanol–water partition coefficient (Wildman–Crippen LogP) is 3.75. The smallest absolute Gasteiger partial charge is 0.161 e. The summed E-state index contributed by atoms with van der Waals surface area (Å²) in [6.45, 7) is 1.23. The lowest BCUT2D eigenvalue weighted by Gasteiger charge is -2.17. The highest BCUT2D eigenvalue weighted by Gasteiger charge is 2.24. The number of rotatable bonds is 2. The van der Waals surface area contributed by atoms with Crippen molar-refractivity contribution in [2.75, 3.05) is 6.61 Å². The molecule has 1 aliphatic carbocycles. The van der Waals surface area contributed by atoms with E-state index in [1.165, 1.54) is 18.4 Å². The first-order valence-electron chi connectivity index (χ1n) is 7.04. The van der Waals surface area contributed by atoms with Crippen LogP contribution < -0.4 is 0 Å². The summed E-state index contributed by atoms with van der Waals surface area (Å²) in [5.74, 6) is 1.47. The van der Waals surface area contributed by atoms with E-state index in [1.807, 2.05) is 0 Å². The summed E-state index contributed by atoms with van der Waals surface area (Å²) in [7, 11) is 0. The Hall–Kier alpha value is -1.45. The quantitative estimate of drug-likeness (QED) is 0.789. The van der Waals surface area contributed by atoms with Crippen molar-refractivity contribution in [2.24, 2.45) is 0 Å². The molecule has 0 amide bonds. The Labute approximate surface area is 123 Å². The molecule has 1 fully saturated rings. The molecule has 3 nitrogen and oxygen atoms in total. The Kier molecular flexibility index (Phi) is 2.97. The maximum Gasteiger partial charge on any atom is 0.161 e. The third-order valence-corrected chi connectivity index (χ3v) is 4.28. The molecule has 0 radical (unpaired) electrons. The van der Waals surface area contributed by atoms with Gasteiger partial charge in [0.15, 0.2) is 5.82 Å². The minimum absolute atomic E-state index is 0.524. The number of halogens is 1. The highest BCUT2D eigenvalue weighted by Crippen LogP contribution is 2.41. The zero-order valence-corrected chi connectivity index (χ0v) is 11.9. The summed E-state index contributed by atoms with van der Waals surface area (Å²) in [6, 6.07) is 8.54. The standard InChI is InChI=1S/C16H15ClN2O/c17-15-13-9-20-7-6-14(13)18-16(19-15)12-3-1-2-11(8-12)10-4-5-10/h1-3,8,10H,4-7,9H2. The largest absolute Gasteiger partial charge is 0.376 e. The number of hydrogen-bond donors (Lipinski definition) is 0. The summed E-state index contributed by atoms with van der Waals surface area (Å²) >= 11 is 6.28. The van der Waals surface area contributed by atoms with Gasteiger partial charge in [-0.25, -0.2) is 9.97 Å². The van der Waals surface area contributed by atoms with Crippen molar-refractivity contribution < 1.29 is 4.74 Å². The van der Waals surface area contributed by atoms with E-state index in [-0.39, 0.29) is 0 Å². The molecule has 0 N–H and O–H groups in total. The summed E-state index contributed by atoms with van der Waals surface area (Å²) < 4.78 is 5.42. The van der Waals surface area contributed by atoms with E-state index in [0.717, 1.165) is 35.0 Å². The molecule has 4 heteroatoms. The lowest BCUT2D eigenvalue weighted by atomic mass is 10.1. The van der Waals surface area contributed by atoms with Crippen LogP contribution in [0.4, 0.5) is 0 Å². The maximum absolute atomic E-state index is 6.28. The van der Waals surface area contributed by atoms with Gasteiger partial charge in [0.1, 0.15) is 5.15 Å². The van der Waals surface area contributed by atoms with E-state index in [2.05, 4.69) is 34.2 Å². The van der Waals surface area contributed by atoms with Crippen LogP contribution in [0, 0.1) is 0 Å². The van der Waals surface area contributed by atoms with Gasteiger partial charge in [-0.05, 0) is 30.4 Å². The fourth-order valence-electron chi connectivity index (χ4n) is 2.67. The van der Waals surface area contributed by atoms with Gasteiger partial charge < -0.3 is 4.74 Å². The maximum atomic E-state index is 6.28. The van der Waals surface area contributed by atoms with E-state index >= 15 is 0 Å². The van der Waals surface area contributed by atoms with Crippen molar-refractivity contribution in [1.29, 1.82) is 0 Å². The van der Waals surface area contributed by atoms with Gasteiger partial charge in [-0.1, -0.05) is 29.8 Å². The van der Waals surface area contributed by atoms with Gasteiger partial charge in [0, 0.05) is 17.5 Å². The molecule has 1 saturated carbocycles. The summed E-state index contributed by atoms with van der Waals surface area (Å²) in [5.41, 5.74) is 4.43. The molecule has 2 aliphatic rings. The molecule has 1 aromatic heterocycles.